The zero-order valence-electron chi connectivity index (χ0n) is 72.3. The maximum absolute atomic E-state index is 11.4. The van der Waals surface area contributed by atoms with E-state index in [0.29, 0.717) is 105 Å². The third-order valence-corrected chi connectivity index (χ3v) is 15.1. The van der Waals surface area contributed by atoms with Crippen LogP contribution in [-0.4, -0.2) is 132 Å². The fourth-order valence-corrected chi connectivity index (χ4v) is 9.12. The summed E-state index contributed by atoms with van der Waals surface area (Å²) in [6.07, 6.45) is 30.7. The van der Waals surface area contributed by atoms with Gasteiger partial charge in [0.2, 0.25) is 11.8 Å². The summed E-state index contributed by atoms with van der Waals surface area (Å²) in [5.74, 6) is -3.76. The summed E-state index contributed by atoms with van der Waals surface area (Å²) in [6.45, 7) is 59.2. The topological polar surface area (TPSA) is 310 Å². The first kappa shape index (κ1) is 127. The minimum atomic E-state index is -1.12. The van der Waals surface area contributed by atoms with Gasteiger partial charge in [0.25, 0.3) is 0 Å². The monoisotopic (exact) mass is 1550 g/mol. The van der Waals surface area contributed by atoms with Crippen LogP contribution in [0.4, 0.5) is 0 Å². The molecule has 0 heterocycles. The van der Waals surface area contributed by atoms with E-state index >= 15 is 0 Å². The van der Waals surface area contributed by atoms with Gasteiger partial charge >= 0.3 is 41.8 Å². The SMILES string of the molecule is C.C.C.C.CC(C)(C)CC(=O)NCCCC(=O)O.CC(C)(C)CCCCCCC(=O)O.CC(C)(C)CCNCCC(=O)OC(C)(C)C.CC(C)(C)CCN[C@@H](CC(=O)O)C(=O)O.CCCCOC(=O)CCCCCCC(C)(C)C.CCOC(=O)CCCCCCC(C)(C)C.CNC(=O)CCCCCCC(C)(C)C. The number of aliphatic carboxylic acids is 4. The van der Waals surface area contributed by atoms with Crippen LogP contribution in [0.1, 0.15) is 422 Å². The molecule has 0 saturated carbocycles. The van der Waals surface area contributed by atoms with Crippen molar-refractivity contribution in [1.29, 1.82) is 0 Å². The second kappa shape index (κ2) is 73.6. The summed E-state index contributed by atoms with van der Waals surface area (Å²) in [6, 6.07) is -0.996. The number of nitrogens with one attached hydrogen (secondary N) is 4. The first-order chi connectivity index (χ1) is 47.4. The number of carbonyl (C=O) groups excluding carboxylic acids is 5. The van der Waals surface area contributed by atoms with Crippen LogP contribution in [-0.2, 0) is 57.4 Å². The Morgan fingerprint density at radius 2 is 0.694 bits per heavy atom. The Hall–Kier alpha value is -4.85. The second-order valence-corrected chi connectivity index (χ2v) is 37.1. The van der Waals surface area contributed by atoms with Crippen LogP contribution in [0.2, 0.25) is 0 Å². The molecule has 0 spiro atoms. The molecule has 0 aromatic heterocycles. The lowest BCUT2D eigenvalue weighted by molar-refractivity contribution is -0.155. The van der Waals surface area contributed by atoms with Crippen LogP contribution in [0, 0.1) is 37.9 Å². The molecule has 0 bridgehead atoms. The van der Waals surface area contributed by atoms with Crippen LogP contribution in [0.3, 0.4) is 0 Å². The lowest BCUT2D eigenvalue weighted by Crippen LogP contribution is -2.39. The Labute approximate surface area is 667 Å². The molecule has 0 aliphatic heterocycles. The highest BCUT2D eigenvalue weighted by molar-refractivity contribution is 5.80. The molecule has 2 amide bonds. The number of carbonyl (C=O) groups is 9. The van der Waals surface area contributed by atoms with E-state index in [2.05, 4.69) is 132 Å². The van der Waals surface area contributed by atoms with E-state index in [1.165, 1.54) is 83.5 Å². The van der Waals surface area contributed by atoms with Gasteiger partial charge in [0.15, 0.2) is 0 Å². The molecule has 108 heavy (non-hydrogen) atoms. The number of esters is 3. The van der Waals surface area contributed by atoms with Crippen molar-refractivity contribution < 1.29 is 77.8 Å². The molecular formula is C88H184N4O16. The molecule has 0 fully saturated rings. The Kier molecular flexibility index (Phi) is 86.4. The van der Waals surface area contributed by atoms with Crippen molar-refractivity contribution >= 4 is 53.6 Å². The molecule has 1 atom stereocenters. The fraction of sp³-hybridized carbons (Fsp3) is 0.898. The largest absolute Gasteiger partial charge is 0.481 e. The molecule has 0 aliphatic carbocycles. The van der Waals surface area contributed by atoms with Gasteiger partial charge in [0.1, 0.15) is 11.6 Å². The van der Waals surface area contributed by atoms with E-state index in [9.17, 15) is 43.2 Å². The lowest BCUT2D eigenvalue weighted by Gasteiger charge is -2.20. The minimum absolute atomic E-state index is 0. The highest BCUT2D eigenvalue weighted by Crippen LogP contribution is 2.26. The van der Waals surface area contributed by atoms with Crippen molar-refractivity contribution in [3.63, 3.8) is 0 Å². The molecule has 20 nitrogen and oxygen atoms in total. The van der Waals surface area contributed by atoms with Crippen LogP contribution >= 0.6 is 0 Å². The molecule has 0 unspecified atom stereocenters. The summed E-state index contributed by atoms with van der Waals surface area (Å²) >= 11 is 0. The number of hydrogen-bond donors (Lipinski definition) is 8. The number of hydrogen-bond acceptors (Lipinski definition) is 14. The normalized spacial score (nSPS) is 11.5. The molecule has 0 aliphatic rings. The first-order valence-corrected chi connectivity index (χ1v) is 39.7. The quantitative estimate of drug-likeness (QED) is 0.0160. The van der Waals surface area contributed by atoms with Gasteiger partial charge in [-0.05, 0) is 156 Å². The van der Waals surface area contributed by atoms with Crippen LogP contribution in [0.25, 0.3) is 0 Å². The molecule has 20 heteroatoms. The smallest absolute Gasteiger partial charge is 0.321 e. The van der Waals surface area contributed by atoms with Crippen LogP contribution < -0.4 is 21.3 Å². The van der Waals surface area contributed by atoms with Crippen LogP contribution in [0.15, 0.2) is 0 Å². The van der Waals surface area contributed by atoms with E-state index in [0.717, 1.165) is 77.2 Å². The fourth-order valence-electron chi connectivity index (χ4n) is 9.12. The van der Waals surface area contributed by atoms with Gasteiger partial charge in [-0.15, -0.1) is 0 Å². The summed E-state index contributed by atoms with van der Waals surface area (Å²) in [5.41, 5.74) is 1.84. The third-order valence-electron chi connectivity index (χ3n) is 15.1. The maximum Gasteiger partial charge on any atom is 0.321 e. The van der Waals surface area contributed by atoms with Gasteiger partial charge in [-0.3, -0.25) is 43.2 Å². The predicted octanol–water partition coefficient (Wildman–Crippen LogP) is 22.9. The number of amides is 2. The average Bonchev–Trinajstić information content (AvgIpc) is 0.943. The number of ether oxygens (including phenoxy) is 3. The number of carboxylic acid groups (broad SMARTS) is 4. The summed E-state index contributed by atoms with van der Waals surface area (Å²) in [7, 11) is 1.70. The molecule has 0 radical (unpaired) electrons. The van der Waals surface area contributed by atoms with E-state index in [-0.39, 0.29) is 88.7 Å². The number of carboxylic acids is 4. The molecule has 652 valence electrons. The van der Waals surface area contributed by atoms with Gasteiger partial charge in [-0.1, -0.05) is 265 Å². The van der Waals surface area contributed by atoms with Crippen molar-refractivity contribution in [3.8, 4) is 0 Å². The van der Waals surface area contributed by atoms with Crippen molar-refractivity contribution in [2.75, 3.05) is 46.4 Å². The highest BCUT2D eigenvalue weighted by Gasteiger charge is 2.22. The minimum Gasteiger partial charge on any atom is -0.481 e. The lowest BCUT2D eigenvalue weighted by atomic mass is 9.89. The Bertz CT molecular complexity index is 2160. The van der Waals surface area contributed by atoms with Crippen molar-refractivity contribution in [3.05, 3.63) is 0 Å². The maximum atomic E-state index is 11.4. The van der Waals surface area contributed by atoms with Crippen molar-refractivity contribution in [2.45, 2.75) is 433 Å². The standard InChI is InChI=1S/C15H30O2.C13H27NO2.C13H26O2.C12H25NO.C11H22O2.C10H19NO4.C10H19NO3.4CH4/c1-5-6-13-17-14(16)11-9-7-8-10-12-15(2,3)4;1-12(2,3)8-10-14-9-7-11(15)16-13(4,5)6;1-5-15-12(14)10-8-6-7-9-11-13(2,3)4;1-12(2,3)10-8-6-5-7-9-11(14)13-4;1-11(2,3)9-7-5-4-6-8-10(12)13;1-10(2,3)4-5-11-7(9(14)15)6-8(12)13;1-10(2,3)7-8(12)11-6-4-5-9(13)14;;;;/h5-13H2,1-4H3;14H,7-10H2,1-6H3;5-11H2,1-4H3;5-10H2,1-4H3,(H,13,14);4-9H2,1-3H3,(H,12,13);7,11H,4-6H2,1-3H3,(H,12,13)(H,14,15);4-7H2,1-3H3,(H,11,12)(H,13,14);4*1H4/t;;;;;7-;;;;;/m.....0...../s1. The van der Waals surface area contributed by atoms with Gasteiger partial charge in [0, 0.05) is 58.7 Å². The molecule has 0 aromatic rings. The highest BCUT2D eigenvalue weighted by atomic mass is 16.6. The number of unbranched alkanes of at least 4 members (excludes halogenated alkanes) is 13. The van der Waals surface area contributed by atoms with E-state index < -0.39 is 29.9 Å². The van der Waals surface area contributed by atoms with Gasteiger partial charge in [-0.25, -0.2) is 0 Å². The average molecular weight is 1550 g/mol. The second-order valence-electron chi connectivity index (χ2n) is 37.1. The molecule has 8 N–H and O–H groups in total. The molecule has 0 saturated heterocycles. The molecule has 0 aromatic carbocycles. The molecule has 0 rings (SSSR count). The van der Waals surface area contributed by atoms with Gasteiger partial charge in [0.05, 0.1) is 26.1 Å². The van der Waals surface area contributed by atoms with Crippen molar-refractivity contribution in [1.82, 2.24) is 21.3 Å². The summed E-state index contributed by atoms with van der Waals surface area (Å²) in [5, 5.41) is 45.3. The van der Waals surface area contributed by atoms with E-state index in [1.807, 2.05) is 69.2 Å². The first-order valence-electron chi connectivity index (χ1n) is 39.7. The van der Waals surface area contributed by atoms with Crippen molar-refractivity contribution in [2.24, 2.45) is 37.9 Å². The van der Waals surface area contributed by atoms with Gasteiger partial charge in [-0.2, -0.15) is 0 Å². The number of rotatable bonds is 44. The summed E-state index contributed by atoms with van der Waals surface area (Å²) in [4.78, 5) is 97.2. The van der Waals surface area contributed by atoms with Gasteiger partial charge < -0.3 is 55.9 Å². The predicted molar refractivity (Wildman–Crippen MR) is 457 cm³/mol. The van der Waals surface area contributed by atoms with Crippen LogP contribution in [0.5, 0.6) is 0 Å². The van der Waals surface area contributed by atoms with E-state index in [4.69, 9.17) is 34.6 Å². The third kappa shape index (κ3) is 137. The Balaban J connectivity index is -0.000000112. The summed E-state index contributed by atoms with van der Waals surface area (Å²) < 4.78 is 15.2. The zero-order valence-corrected chi connectivity index (χ0v) is 72.3. The van der Waals surface area contributed by atoms with E-state index in [1.54, 1.807) is 7.05 Å². The molecular weight excluding hydrogens is 1370 g/mol. The Morgan fingerprint density at radius 3 is 1.02 bits per heavy atom. The zero-order chi connectivity index (χ0) is 82.3. The Morgan fingerprint density at radius 1 is 0.343 bits per heavy atom.